The van der Waals surface area contributed by atoms with Crippen molar-refractivity contribution in [3.8, 4) is 0 Å². The van der Waals surface area contributed by atoms with Gasteiger partial charge in [0.1, 0.15) is 6.10 Å². The SMILES string of the molecule is O=C(OC1CCC(CCCS(=O)(=O)C(F)(F)F)CC1)C12CC3CC(CC(C3)C1)C2. The lowest BCUT2D eigenvalue weighted by Crippen LogP contribution is -2.51. The van der Waals surface area contributed by atoms with Gasteiger partial charge in [-0.15, -0.1) is 0 Å². The van der Waals surface area contributed by atoms with Crippen molar-refractivity contribution in [2.45, 2.75) is 88.7 Å². The molecule has 4 nitrogen and oxygen atoms in total. The summed E-state index contributed by atoms with van der Waals surface area (Å²) in [6.07, 6.45) is 10.2. The van der Waals surface area contributed by atoms with E-state index in [1.807, 2.05) is 0 Å². The number of ether oxygens (including phenoxy) is 1. The molecule has 0 amide bonds. The minimum atomic E-state index is -5.16. The zero-order valence-corrected chi connectivity index (χ0v) is 17.6. The number of carbonyl (C=O) groups is 1. The second-order valence-corrected chi connectivity index (χ2v) is 12.3. The van der Waals surface area contributed by atoms with Gasteiger partial charge in [-0.25, -0.2) is 8.42 Å². The fourth-order valence-corrected chi connectivity index (χ4v) is 7.63. The third-order valence-electron chi connectivity index (χ3n) is 7.92. The van der Waals surface area contributed by atoms with Gasteiger partial charge in [0.25, 0.3) is 0 Å². The van der Waals surface area contributed by atoms with Gasteiger partial charge in [-0.2, -0.15) is 13.2 Å². The summed E-state index contributed by atoms with van der Waals surface area (Å²) in [7, 11) is -5.02. The lowest BCUT2D eigenvalue weighted by molar-refractivity contribution is -0.178. The molecule has 0 aromatic heterocycles. The van der Waals surface area contributed by atoms with Gasteiger partial charge in [-0.3, -0.25) is 4.79 Å². The summed E-state index contributed by atoms with van der Waals surface area (Å²) in [5, 5.41) is 0. The zero-order chi connectivity index (χ0) is 20.9. The number of hydrogen-bond acceptors (Lipinski definition) is 4. The highest BCUT2D eigenvalue weighted by Crippen LogP contribution is 2.60. The van der Waals surface area contributed by atoms with E-state index >= 15 is 0 Å². The maximum Gasteiger partial charge on any atom is 0.497 e. The van der Waals surface area contributed by atoms with Crippen LogP contribution in [0.5, 0.6) is 0 Å². The number of halogens is 3. The Morgan fingerprint density at radius 3 is 1.93 bits per heavy atom. The lowest BCUT2D eigenvalue weighted by Gasteiger charge is -2.55. The van der Waals surface area contributed by atoms with Gasteiger partial charge in [0.2, 0.25) is 9.84 Å². The molecule has 0 spiro atoms. The summed E-state index contributed by atoms with van der Waals surface area (Å²) in [6, 6.07) is 0. The van der Waals surface area contributed by atoms with Crippen LogP contribution in [0.25, 0.3) is 0 Å². The third-order valence-corrected chi connectivity index (χ3v) is 9.45. The molecule has 5 rings (SSSR count). The maximum atomic E-state index is 13.0. The topological polar surface area (TPSA) is 60.4 Å². The summed E-state index contributed by atoms with van der Waals surface area (Å²) in [6.45, 7) is 0. The molecule has 0 N–H and O–H groups in total. The summed E-state index contributed by atoms with van der Waals surface area (Å²) in [5.41, 5.74) is -5.41. The molecule has 29 heavy (non-hydrogen) atoms. The van der Waals surface area contributed by atoms with E-state index < -0.39 is 21.1 Å². The first-order chi connectivity index (χ1) is 13.6. The molecule has 0 heterocycles. The molecule has 8 heteroatoms. The van der Waals surface area contributed by atoms with Crippen LogP contribution in [0.15, 0.2) is 0 Å². The maximum absolute atomic E-state index is 13.0. The Morgan fingerprint density at radius 2 is 1.45 bits per heavy atom. The minimum Gasteiger partial charge on any atom is -0.462 e. The van der Waals surface area contributed by atoms with Crippen molar-refractivity contribution >= 4 is 15.8 Å². The standard InChI is InChI=1S/C21H31F3O4S/c22-21(23,24)29(26,27)7-1-2-14-3-5-18(6-4-14)28-19(25)20-11-15-8-16(12-20)10-17(9-15)13-20/h14-18H,1-13H2. The number of esters is 1. The monoisotopic (exact) mass is 436 g/mol. The lowest BCUT2D eigenvalue weighted by atomic mass is 9.49. The van der Waals surface area contributed by atoms with Crippen LogP contribution >= 0.6 is 0 Å². The van der Waals surface area contributed by atoms with Crippen molar-refractivity contribution < 1.29 is 31.1 Å². The first-order valence-corrected chi connectivity index (χ1v) is 12.7. The first-order valence-electron chi connectivity index (χ1n) is 11.1. The molecule has 4 bridgehead atoms. The summed E-state index contributed by atoms with van der Waals surface area (Å²) < 4.78 is 65.5. The highest BCUT2D eigenvalue weighted by molar-refractivity contribution is 7.92. The van der Waals surface area contributed by atoms with E-state index in [2.05, 4.69) is 0 Å². The van der Waals surface area contributed by atoms with Crippen LogP contribution in [-0.4, -0.2) is 31.8 Å². The van der Waals surface area contributed by atoms with E-state index in [0.717, 1.165) is 44.9 Å². The number of hydrogen-bond donors (Lipinski definition) is 0. The minimum absolute atomic E-state index is 0.00341. The largest absolute Gasteiger partial charge is 0.497 e. The molecule has 0 aliphatic heterocycles. The highest BCUT2D eigenvalue weighted by atomic mass is 32.2. The van der Waals surface area contributed by atoms with Gasteiger partial charge in [0.15, 0.2) is 0 Å². The Kier molecular flexibility index (Phi) is 5.71. The Balaban J connectivity index is 1.21. The predicted octanol–water partition coefficient (Wildman–Crippen LogP) is 5.02. The van der Waals surface area contributed by atoms with Gasteiger partial charge in [0.05, 0.1) is 11.2 Å². The van der Waals surface area contributed by atoms with E-state index in [4.69, 9.17) is 4.74 Å². The van der Waals surface area contributed by atoms with Crippen molar-refractivity contribution in [2.24, 2.45) is 29.1 Å². The van der Waals surface area contributed by atoms with Crippen LogP contribution in [0.4, 0.5) is 13.2 Å². The molecule has 0 aromatic rings. The van der Waals surface area contributed by atoms with E-state index in [1.165, 1.54) is 19.3 Å². The average molecular weight is 437 g/mol. The average Bonchev–Trinajstić information content (AvgIpc) is 2.61. The normalized spacial score (nSPS) is 39.5. The van der Waals surface area contributed by atoms with E-state index in [1.54, 1.807) is 0 Å². The number of rotatable bonds is 6. The van der Waals surface area contributed by atoms with Gasteiger partial charge >= 0.3 is 11.5 Å². The van der Waals surface area contributed by atoms with Crippen molar-refractivity contribution in [2.75, 3.05) is 5.75 Å². The zero-order valence-electron chi connectivity index (χ0n) is 16.8. The molecule has 166 valence electrons. The molecule has 0 saturated heterocycles. The van der Waals surface area contributed by atoms with Crippen molar-refractivity contribution in [3.05, 3.63) is 0 Å². The molecule has 0 radical (unpaired) electrons. The van der Waals surface area contributed by atoms with E-state index in [-0.39, 0.29) is 29.8 Å². The van der Waals surface area contributed by atoms with Crippen molar-refractivity contribution in [3.63, 3.8) is 0 Å². The number of carbonyl (C=O) groups excluding carboxylic acids is 1. The van der Waals surface area contributed by atoms with Gasteiger partial charge in [-0.1, -0.05) is 0 Å². The second-order valence-electron chi connectivity index (χ2n) is 10.2. The molecule has 0 atom stereocenters. The molecule has 5 fully saturated rings. The quantitative estimate of drug-likeness (QED) is 0.549. The predicted molar refractivity (Wildman–Crippen MR) is 102 cm³/mol. The molecule has 5 aliphatic rings. The Hall–Kier alpha value is -0.790. The Bertz CT molecular complexity index is 687. The Labute approximate surface area is 170 Å². The molecule has 5 aliphatic carbocycles. The van der Waals surface area contributed by atoms with Crippen LogP contribution < -0.4 is 0 Å². The van der Waals surface area contributed by atoms with Gasteiger partial charge in [-0.05, 0) is 101 Å². The third kappa shape index (κ3) is 4.47. The van der Waals surface area contributed by atoms with E-state index in [9.17, 15) is 26.4 Å². The summed E-state index contributed by atoms with van der Waals surface area (Å²) >= 11 is 0. The van der Waals surface area contributed by atoms with Crippen LogP contribution in [0.2, 0.25) is 0 Å². The molecular weight excluding hydrogens is 405 g/mol. The molecular formula is C21H31F3O4S. The van der Waals surface area contributed by atoms with Crippen LogP contribution in [0, 0.1) is 29.1 Å². The van der Waals surface area contributed by atoms with Crippen LogP contribution in [0.1, 0.15) is 77.0 Å². The molecule has 5 saturated carbocycles. The Morgan fingerprint density at radius 1 is 0.931 bits per heavy atom. The fourth-order valence-electron chi connectivity index (χ4n) is 6.85. The fraction of sp³-hybridized carbons (Fsp3) is 0.952. The number of sulfone groups is 1. The van der Waals surface area contributed by atoms with Crippen LogP contribution in [0.3, 0.4) is 0 Å². The van der Waals surface area contributed by atoms with Crippen molar-refractivity contribution in [1.29, 1.82) is 0 Å². The van der Waals surface area contributed by atoms with Crippen LogP contribution in [-0.2, 0) is 19.4 Å². The van der Waals surface area contributed by atoms with Gasteiger partial charge in [0, 0.05) is 0 Å². The highest BCUT2D eigenvalue weighted by Gasteiger charge is 2.55. The second kappa shape index (κ2) is 7.72. The smallest absolute Gasteiger partial charge is 0.462 e. The summed E-state index contributed by atoms with van der Waals surface area (Å²) in [5.74, 6) is 1.45. The summed E-state index contributed by atoms with van der Waals surface area (Å²) in [4.78, 5) is 13.0. The molecule has 0 aromatic carbocycles. The van der Waals surface area contributed by atoms with Crippen molar-refractivity contribution in [1.82, 2.24) is 0 Å². The molecule has 0 unspecified atom stereocenters. The first kappa shape index (κ1) is 21.4. The number of alkyl halides is 3. The van der Waals surface area contributed by atoms with E-state index in [0.29, 0.717) is 24.2 Å². The van der Waals surface area contributed by atoms with Gasteiger partial charge < -0.3 is 4.74 Å².